The molecule has 3 amide bonds. The lowest BCUT2D eigenvalue weighted by Crippen LogP contribution is -2.43. The molecular formula is C24H30FN3O5. The first kappa shape index (κ1) is 25.8. The van der Waals surface area contributed by atoms with Crippen LogP contribution in [0.25, 0.3) is 11.1 Å². The highest BCUT2D eigenvalue weighted by molar-refractivity contribution is 5.95. The number of unbranched alkanes of at least 4 members (excludes halogenated alkanes) is 2. The summed E-state index contributed by atoms with van der Waals surface area (Å²) in [5.41, 5.74) is 1.76. The van der Waals surface area contributed by atoms with Gasteiger partial charge in [0.1, 0.15) is 0 Å². The zero-order valence-electron chi connectivity index (χ0n) is 18.8. The van der Waals surface area contributed by atoms with Gasteiger partial charge in [-0.25, -0.2) is 9.45 Å². The Balaban J connectivity index is 1.97. The summed E-state index contributed by atoms with van der Waals surface area (Å²) in [6.45, 7) is 1.81. The van der Waals surface area contributed by atoms with Crippen LogP contribution in [0.15, 0.2) is 42.5 Å². The van der Waals surface area contributed by atoms with Gasteiger partial charge < -0.3 is 15.4 Å². The summed E-state index contributed by atoms with van der Waals surface area (Å²) in [6, 6.07) is 11.2. The molecule has 0 unspecified atom stereocenters. The molecule has 0 saturated carbocycles. The molecule has 0 spiro atoms. The highest BCUT2D eigenvalue weighted by Crippen LogP contribution is 2.27. The number of hydrogen-bond donors (Lipinski definition) is 3. The van der Waals surface area contributed by atoms with Gasteiger partial charge in [0.15, 0.2) is 11.6 Å². The van der Waals surface area contributed by atoms with Crippen molar-refractivity contribution in [1.82, 2.24) is 15.7 Å². The summed E-state index contributed by atoms with van der Waals surface area (Å²) >= 11 is 0. The molecule has 0 bridgehead atoms. The fraction of sp³-hybridized carbons (Fsp3) is 0.375. The SMILES string of the molecule is CCCCC[C@H](CN(O)C=O)C(=O)NCNC(=O)c1cccc(-c2ccc(F)c(OC)c2)c1. The van der Waals surface area contributed by atoms with Crippen molar-refractivity contribution < 1.29 is 28.7 Å². The molecule has 8 nitrogen and oxygen atoms in total. The number of benzene rings is 2. The summed E-state index contributed by atoms with van der Waals surface area (Å²) in [6.07, 6.45) is 3.47. The maximum Gasteiger partial charge on any atom is 0.252 e. The van der Waals surface area contributed by atoms with Crippen molar-refractivity contribution in [3.8, 4) is 16.9 Å². The van der Waals surface area contributed by atoms with Crippen LogP contribution in [0.2, 0.25) is 0 Å². The first-order chi connectivity index (χ1) is 15.9. The number of amides is 3. The van der Waals surface area contributed by atoms with E-state index in [0.717, 1.165) is 19.3 Å². The van der Waals surface area contributed by atoms with Gasteiger partial charge in [0.05, 0.1) is 26.2 Å². The maximum absolute atomic E-state index is 13.7. The Bertz CT molecular complexity index is 953. The van der Waals surface area contributed by atoms with Crippen LogP contribution in [0, 0.1) is 11.7 Å². The second-order valence-electron chi connectivity index (χ2n) is 7.57. The normalized spacial score (nSPS) is 11.4. The van der Waals surface area contributed by atoms with Crippen LogP contribution in [-0.4, -0.2) is 48.8 Å². The van der Waals surface area contributed by atoms with Gasteiger partial charge in [-0.15, -0.1) is 0 Å². The molecule has 0 radical (unpaired) electrons. The zero-order valence-corrected chi connectivity index (χ0v) is 18.8. The summed E-state index contributed by atoms with van der Waals surface area (Å²) in [7, 11) is 1.38. The molecule has 2 rings (SSSR count). The number of methoxy groups -OCH3 is 1. The predicted octanol–water partition coefficient (Wildman–Crippen LogP) is 3.35. The third kappa shape index (κ3) is 7.87. The van der Waals surface area contributed by atoms with Crippen LogP contribution >= 0.6 is 0 Å². The quantitative estimate of drug-likeness (QED) is 0.140. The van der Waals surface area contributed by atoms with Gasteiger partial charge in [0, 0.05) is 5.56 Å². The Hall–Kier alpha value is -3.46. The number of rotatable bonds is 13. The van der Waals surface area contributed by atoms with Crippen LogP contribution in [0.4, 0.5) is 4.39 Å². The average Bonchev–Trinajstić information content (AvgIpc) is 2.83. The van der Waals surface area contributed by atoms with Crippen molar-refractivity contribution in [2.45, 2.75) is 32.6 Å². The molecule has 178 valence electrons. The summed E-state index contributed by atoms with van der Waals surface area (Å²) in [4.78, 5) is 35.7. The minimum Gasteiger partial charge on any atom is -0.494 e. The number of nitrogens with zero attached hydrogens (tertiary/aromatic N) is 1. The van der Waals surface area contributed by atoms with E-state index >= 15 is 0 Å². The Morgan fingerprint density at radius 3 is 2.61 bits per heavy atom. The number of hydrogen-bond acceptors (Lipinski definition) is 5. The van der Waals surface area contributed by atoms with Crippen molar-refractivity contribution in [2.75, 3.05) is 20.3 Å². The summed E-state index contributed by atoms with van der Waals surface area (Å²) in [5.74, 6) is -1.71. The molecule has 2 aromatic carbocycles. The van der Waals surface area contributed by atoms with Gasteiger partial charge in [0.2, 0.25) is 12.3 Å². The van der Waals surface area contributed by atoms with Gasteiger partial charge in [-0.3, -0.25) is 19.6 Å². The summed E-state index contributed by atoms with van der Waals surface area (Å²) in [5, 5.41) is 15.2. The topological polar surface area (TPSA) is 108 Å². The molecule has 0 aliphatic carbocycles. The number of carbonyl (C=O) groups excluding carboxylic acids is 3. The molecule has 0 aliphatic heterocycles. The smallest absolute Gasteiger partial charge is 0.252 e. The van der Waals surface area contributed by atoms with E-state index in [9.17, 15) is 24.0 Å². The van der Waals surface area contributed by atoms with Crippen LogP contribution in [0.5, 0.6) is 5.75 Å². The highest BCUT2D eigenvalue weighted by atomic mass is 19.1. The zero-order chi connectivity index (χ0) is 24.2. The minimum absolute atomic E-state index is 0.106. The molecule has 0 aliphatic rings. The number of carbonyl (C=O) groups is 3. The van der Waals surface area contributed by atoms with E-state index in [0.29, 0.717) is 28.2 Å². The fourth-order valence-electron chi connectivity index (χ4n) is 3.35. The average molecular weight is 460 g/mol. The Labute approximate surface area is 192 Å². The van der Waals surface area contributed by atoms with Crippen molar-refractivity contribution in [3.63, 3.8) is 0 Å². The molecule has 3 N–H and O–H groups in total. The molecule has 0 heterocycles. The number of nitrogens with one attached hydrogen (secondary N) is 2. The van der Waals surface area contributed by atoms with Crippen molar-refractivity contribution in [1.29, 1.82) is 0 Å². The van der Waals surface area contributed by atoms with Gasteiger partial charge in [-0.05, 0) is 41.8 Å². The molecule has 1 atom stereocenters. The predicted molar refractivity (Wildman–Crippen MR) is 121 cm³/mol. The molecular weight excluding hydrogens is 429 g/mol. The standard InChI is InChI=1S/C24H30FN3O5/c1-3-4-5-7-20(14-28(32)16-29)24(31)27-15-26-23(30)19-9-6-8-17(12-19)18-10-11-21(25)22(13-18)33-2/h6,8-13,16,20,32H,3-5,7,14-15H2,1-2H3,(H,26,30)(H,27,31)/t20-/m1/s1. The molecule has 9 heteroatoms. The summed E-state index contributed by atoms with van der Waals surface area (Å²) < 4.78 is 18.7. The minimum atomic E-state index is -0.583. The first-order valence-electron chi connectivity index (χ1n) is 10.8. The third-order valence-electron chi connectivity index (χ3n) is 5.18. The van der Waals surface area contributed by atoms with Crippen LogP contribution in [0.1, 0.15) is 43.0 Å². The molecule has 2 aromatic rings. The Morgan fingerprint density at radius 2 is 1.91 bits per heavy atom. The monoisotopic (exact) mass is 459 g/mol. The van der Waals surface area contributed by atoms with Gasteiger partial charge in [-0.1, -0.05) is 44.4 Å². The lowest BCUT2D eigenvalue weighted by molar-refractivity contribution is -0.154. The van der Waals surface area contributed by atoms with Crippen LogP contribution in [-0.2, 0) is 9.59 Å². The molecule has 0 fully saturated rings. The maximum atomic E-state index is 13.7. The van der Waals surface area contributed by atoms with Crippen molar-refractivity contribution in [2.24, 2.45) is 5.92 Å². The van der Waals surface area contributed by atoms with E-state index in [1.54, 1.807) is 36.4 Å². The highest BCUT2D eigenvalue weighted by Gasteiger charge is 2.20. The fourth-order valence-corrected chi connectivity index (χ4v) is 3.35. The number of halogens is 1. The number of ether oxygens (including phenoxy) is 1. The van der Waals surface area contributed by atoms with Crippen molar-refractivity contribution in [3.05, 3.63) is 53.8 Å². The molecule has 0 aromatic heterocycles. The molecule has 33 heavy (non-hydrogen) atoms. The first-order valence-corrected chi connectivity index (χ1v) is 10.8. The second kappa shape index (κ2) is 13.2. The third-order valence-corrected chi connectivity index (χ3v) is 5.18. The van der Waals surface area contributed by atoms with Gasteiger partial charge in [-0.2, -0.15) is 0 Å². The van der Waals surface area contributed by atoms with E-state index in [1.807, 2.05) is 6.92 Å². The van der Waals surface area contributed by atoms with Crippen LogP contribution in [0.3, 0.4) is 0 Å². The van der Waals surface area contributed by atoms with E-state index in [2.05, 4.69) is 10.6 Å². The van der Waals surface area contributed by atoms with E-state index in [-0.39, 0.29) is 31.3 Å². The van der Waals surface area contributed by atoms with E-state index < -0.39 is 17.6 Å². The van der Waals surface area contributed by atoms with Gasteiger partial charge >= 0.3 is 0 Å². The Kier molecular flexibility index (Phi) is 10.3. The van der Waals surface area contributed by atoms with Gasteiger partial charge in [0.25, 0.3) is 5.91 Å². The second-order valence-corrected chi connectivity index (χ2v) is 7.57. The Morgan fingerprint density at radius 1 is 1.15 bits per heavy atom. The lowest BCUT2D eigenvalue weighted by atomic mass is 10.0. The largest absolute Gasteiger partial charge is 0.494 e. The van der Waals surface area contributed by atoms with Crippen molar-refractivity contribution >= 4 is 18.2 Å². The molecule has 0 saturated heterocycles. The number of hydroxylamine groups is 2. The van der Waals surface area contributed by atoms with E-state index in [1.165, 1.54) is 13.2 Å². The van der Waals surface area contributed by atoms with Crippen LogP contribution < -0.4 is 15.4 Å². The lowest BCUT2D eigenvalue weighted by Gasteiger charge is -2.19. The van der Waals surface area contributed by atoms with E-state index in [4.69, 9.17) is 4.74 Å².